The predicted octanol–water partition coefficient (Wildman–Crippen LogP) is 2.80. The van der Waals surface area contributed by atoms with Crippen molar-refractivity contribution in [1.29, 1.82) is 0 Å². The van der Waals surface area contributed by atoms with Gasteiger partial charge in [-0.15, -0.1) is 0 Å². The number of hydrogen-bond acceptors (Lipinski definition) is 4. The zero-order valence-electron chi connectivity index (χ0n) is 12.5. The summed E-state index contributed by atoms with van der Waals surface area (Å²) in [6.45, 7) is 0.497. The molecule has 0 saturated heterocycles. The Morgan fingerprint density at radius 2 is 1.78 bits per heavy atom. The molecule has 1 atom stereocenters. The molecule has 0 N–H and O–H groups in total. The number of fused-ring (bicyclic) bond motifs is 1. The molecule has 0 saturated carbocycles. The molecule has 0 fully saturated rings. The molecule has 0 bridgehead atoms. The Bertz CT molecular complexity index is 792. The molecule has 5 nitrogen and oxygen atoms in total. The molecule has 1 aliphatic heterocycles. The highest BCUT2D eigenvalue weighted by Gasteiger charge is 2.27. The van der Waals surface area contributed by atoms with Crippen molar-refractivity contribution >= 4 is 21.6 Å². The Balaban J connectivity index is 1.72. The van der Waals surface area contributed by atoms with Gasteiger partial charge in [-0.1, -0.05) is 23.7 Å². The Hall–Kier alpha value is -1.76. The van der Waals surface area contributed by atoms with Gasteiger partial charge in [0.1, 0.15) is 12.7 Å². The maximum atomic E-state index is 12.5. The third-order valence-electron chi connectivity index (χ3n) is 3.55. The Labute approximate surface area is 140 Å². The topological polar surface area (TPSA) is 55.8 Å². The second kappa shape index (κ2) is 6.39. The molecule has 0 aromatic heterocycles. The minimum Gasteiger partial charge on any atom is -0.486 e. The van der Waals surface area contributed by atoms with Crippen LogP contribution in [0.3, 0.4) is 0 Å². The fraction of sp³-hybridized carbons (Fsp3) is 0.250. The summed E-state index contributed by atoms with van der Waals surface area (Å²) in [5.74, 6) is 1.30. The maximum absolute atomic E-state index is 12.5. The molecular weight excluding hydrogens is 338 g/mol. The zero-order chi connectivity index (χ0) is 16.4. The second-order valence-electron chi connectivity index (χ2n) is 5.24. The van der Waals surface area contributed by atoms with E-state index in [-0.39, 0.29) is 17.5 Å². The fourth-order valence-corrected chi connectivity index (χ4v) is 3.65. The number of sulfonamides is 1. The molecule has 0 amide bonds. The Kier molecular flexibility index (Phi) is 4.48. The SMILES string of the molecule is CN(CC1COc2ccccc2O1)S(=O)(=O)c1ccc(Cl)cc1. The molecule has 2 aromatic rings. The van der Waals surface area contributed by atoms with Crippen molar-refractivity contribution < 1.29 is 17.9 Å². The molecule has 0 radical (unpaired) electrons. The third kappa shape index (κ3) is 3.44. The van der Waals surface area contributed by atoms with Crippen LogP contribution in [0.5, 0.6) is 11.5 Å². The van der Waals surface area contributed by atoms with Crippen molar-refractivity contribution in [2.45, 2.75) is 11.0 Å². The molecule has 23 heavy (non-hydrogen) atoms. The Morgan fingerprint density at radius 3 is 2.48 bits per heavy atom. The first kappa shape index (κ1) is 16.1. The molecule has 3 rings (SSSR count). The lowest BCUT2D eigenvalue weighted by atomic mass is 10.2. The molecule has 1 heterocycles. The average Bonchev–Trinajstić information content (AvgIpc) is 2.55. The lowest BCUT2D eigenvalue weighted by Gasteiger charge is -2.29. The first-order chi connectivity index (χ1) is 11.0. The smallest absolute Gasteiger partial charge is 0.242 e. The molecule has 7 heteroatoms. The summed E-state index contributed by atoms with van der Waals surface area (Å²) in [5.41, 5.74) is 0. The van der Waals surface area contributed by atoms with Crippen LogP contribution in [-0.4, -0.2) is 39.0 Å². The number of benzene rings is 2. The molecule has 2 aromatic carbocycles. The Morgan fingerprint density at radius 1 is 1.13 bits per heavy atom. The summed E-state index contributed by atoms with van der Waals surface area (Å²) in [5, 5.41) is 0.493. The van der Waals surface area contributed by atoms with E-state index in [1.54, 1.807) is 18.2 Å². The van der Waals surface area contributed by atoms with Crippen LogP contribution in [0.4, 0.5) is 0 Å². The van der Waals surface area contributed by atoms with Crippen molar-refractivity contribution in [1.82, 2.24) is 4.31 Å². The van der Waals surface area contributed by atoms with Gasteiger partial charge in [-0.05, 0) is 36.4 Å². The highest BCUT2D eigenvalue weighted by molar-refractivity contribution is 7.89. The molecule has 122 valence electrons. The minimum absolute atomic E-state index is 0.194. The lowest BCUT2D eigenvalue weighted by molar-refractivity contribution is 0.0798. The van der Waals surface area contributed by atoms with Gasteiger partial charge in [0.25, 0.3) is 0 Å². The van der Waals surface area contributed by atoms with Crippen molar-refractivity contribution in [3.8, 4) is 11.5 Å². The summed E-state index contributed by atoms with van der Waals surface area (Å²) in [4.78, 5) is 0.196. The van der Waals surface area contributed by atoms with Crippen molar-refractivity contribution in [2.24, 2.45) is 0 Å². The van der Waals surface area contributed by atoms with E-state index in [9.17, 15) is 8.42 Å². The summed E-state index contributed by atoms with van der Waals surface area (Å²) in [7, 11) is -2.07. The van der Waals surface area contributed by atoms with Crippen LogP contribution in [-0.2, 0) is 10.0 Å². The number of likely N-dealkylation sites (N-methyl/N-ethyl adjacent to an activating group) is 1. The number of ether oxygens (including phenoxy) is 2. The highest BCUT2D eigenvalue weighted by Crippen LogP contribution is 2.31. The number of nitrogens with zero attached hydrogens (tertiary/aromatic N) is 1. The van der Waals surface area contributed by atoms with Gasteiger partial charge in [-0.3, -0.25) is 0 Å². The predicted molar refractivity (Wildman–Crippen MR) is 87.6 cm³/mol. The molecule has 0 spiro atoms. The van der Waals surface area contributed by atoms with E-state index in [1.807, 2.05) is 18.2 Å². The molecule has 0 aliphatic carbocycles. The normalized spacial score (nSPS) is 17.3. The highest BCUT2D eigenvalue weighted by atomic mass is 35.5. The van der Waals surface area contributed by atoms with E-state index < -0.39 is 10.0 Å². The van der Waals surface area contributed by atoms with Gasteiger partial charge in [0.15, 0.2) is 11.5 Å². The zero-order valence-corrected chi connectivity index (χ0v) is 14.0. The van der Waals surface area contributed by atoms with Gasteiger partial charge in [0, 0.05) is 12.1 Å². The van der Waals surface area contributed by atoms with Crippen LogP contribution in [0.25, 0.3) is 0 Å². The second-order valence-corrected chi connectivity index (χ2v) is 7.72. The largest absolute Gasteiger partial charge is 0.486 e. The number of para-hydroxylation sites is 2. The lowest BCUT2D eigenvalue weighted by Crippen LogP contribution is -2.41. The van der Waals surface area contributed by atoms with Gasteiger partial charge in [-0.2, -0.15) is 4.31 Å². The first-order valence-corrected chi connectivity index (χ1v) is 8.89. The van der Waals surface area contributed by atoms with E-state index in [1.165, 1.54) is 23.5 Å². The van der Waals surface area contributed by atoms with Crippen molar-refractivity contribution in [3.63, 3.8) is 0 Å². The van der Waals surface area contributed by atoms with Gasteiger partial charge < -0.3 is 9.47 Å². The summed E-state index contributed by atoms with van der Waals surface area (Å²) in [6, 6.07) is 13.4. The van der Waals surface area contributed by atoms with Gasteiger partial charge in [-0.25, -0.2) is 8.42 Å². The van der Waals surface area contributed by atoms with Crippen LogP contribution in [0.1, 0.15) is 0 Å². The maximum Gasteiger partial charge on any atom is 0.242 e. The summed E-state index contributed by atoms with van der Waals surface area (Å²) >= 11 is 5.80. The molecular formula is C16H16ClNO4S. The minimum atomic E-state index is -3.59. The molecule has 1 unspecified atom stereocenters. The summed E-state index contributed by atoms with van der Waals surface area (Å²) < 4.78 is 37.8. The first-order valence-electron chi connectivity index (χ1n) is 7.07. The van der Waals surface area contributed by atoms with Crippen molar-refractivity contribution in [2.75, 3.05) is 20.2 Å². The average molecular weight is 354 g/mol. The van der Waals surface area contributed by atoms with Gasteiger partial charge >= 0.3 is 0 Å². The van der Waals surface area contributed by atoms with E-state index in [2.05, 4.69) is 0 Å². The van der Waals surface area contributed by atoms with E-state index in [4.69, 9.17) is 21.1 Å². The fourth-order valence-electron chi connectivity index (χ4n) is 2.32. The number of rotatable bonds is 4. The van der Waals surface area contributed by atoms with E-state index >= 15 is 0 Å². The van der Waals surface area contributed by atoms with Crippen LogP contribution in [0.15, 0.2) is 53.4 Å². The van der Waals surface area contributed by atoms with E-state index in [0.717, 1.165) is 0 Å². The summed E-state index contributed by atoms with van der Waals surface area (Å²) in [6.07, 6.45) is -0.364. The number of hydrogen-bond donors (Lipinski definition) is 0. The van der Waals surface area contributed by atoms with Crippen LogP contribution in [0, 0.1) is 0 Å². The standard InChI is InChI=1S/C16H16ClNO4S/c1-18(23(19,20)14-8-6-12(17)7-9-14)10-13-11-21-15-4-2-3-5-16(15)22-13/h2-9,13H,10-11H2,1H3. The van der Waals surface area contributed by atoms with Gasteiger partial charge in [0.05, 0.1) is 11.4 Å². The van der Waals surface area contributed by atoms with Crippen LogP contribution in [0.2, 0.25) is 5.02 Å². The monoisotopic (exact) mass is 353 g/mol. The third-order valence-corrected chi connectivity index (χ3v) is 5.64. The molecule has 1 aliphatic rings. The van der Waals surface area contributed by atoms with Gasteiger partial charge in [0.2, 0.25) is 10.0 Å². The van der Waals surface area contributed by atoms with Crippen LogP contribution >= 0.6 is 11.6 Å². The van der Waals surface area contributed by atoms with Crippen LogP contribution < -0.4 is 9.47 Å². The van der Waals surface area contributed by atoms with E-state index in [0.29, 0.717) is 23.1 Å². The quantitative estimate of drug-likeness (QED) is 0.848. The van der Waals surface area contributed by atoms with Crippen molar-refractivity contribution in [3.05, 3.63) is 53.6 Å². The number of halogens is 1.